The molecule has 0 spiro atoms. The Morgan fingerprint density at radius 2 is 1.19 bits per heavy atom. The van der Waals surface area contributed by atoms with Crippen LogP contribution in [0.25, 0.3) is 0 Å². The Morgan fingerprint density at radius 1 is 0.846 bits per heavy atom. The molecule has 26 heavy (non-hydrogen) atoms. The minimum absolute atomic E-state index is 0.161. The van der Waals surface area contributed by atoms with Crippen LogP contribution in [0.5, 0.6) is 0 Å². The highest BCUT2D eigenvalue weighted by molar-refractivity contribution is 6.86. The van der Waals surface area contributed by atoms with Crippen molar-refractivity contribution in [2.45, 2.75) is 58.0 Å². The maximum atomic E-state index is 9.52. The number of aliphatic hydroxyl groups excluding tert-OH is 2. The molecular formula is C20H32Cl2O2Si2. The Bertz CT molecular complexity index is 630. The van der Waals surface area contributed by atoms with Gasteiger partial charge in [0.05, 0.1) is 16.1 Å². The first-order chi connectivity index (χ1) is 12.1. The molecule has 0 bridgehead atoms. The molecule has 0 aromatic heterocycles. The zero-order valence-electron chi connectivity index (χ0n) is 16.6. The van der Waals surface area contributed by atoms with E-state index in [9.17, 15) is 10.2 Å². The summed E-state index contributed by atoms with van der Waals surface area (Å²) in [6, 6.07) is 1.69. The number of hydrogen-bond acceptors (Lipinski definition) is 2. The number of aliphatic hydroxyl groups is 2. The van der Waals surface area contributed by atoms with Crippen molar-refractivity contribution in [3.63, 3.8) is 0 Å². The van der Waals surface area contributed by atoms with Crippen molar-refractivity contribution < 1.29 is 10.2 Å². The zero-order valence-corrected chi connectivity index (χ0v) is 20.1. The fourth-order valence-corrected chi connectivity index (χ4v) is 10.3. The van der Waals surface area contributed by atoms with Crippen LogP contribution >= 0.6 is 23.2 Å². The lowest BCUT2D eigenvalue weighted by atomic mass is 9.93. The Hall–Kier alpha value is -0.106. The molecule has 0 atom stereocenters. The van der Waals surface area contributed by atoms with Crippen molar-refractivity contribution >= 4 is 39.3 Å². The van der Waals surface area contributed by atoms with Crippen molar-refractivity contribution in [3.05, 3.63) is 43.8 Å². The zero-order chi connectivity index (χ0) is 19.7. The maximum Gasteiger partial charge on any atom is 0.0829 e. The van der Waals surface area contributed by atoms with Crippen LogP contribution in [0.15, 0.2) is 43.8 Å². The van der Waals surface area contributed by atoms with Gasteiger partial charge < -0.3 is 10.2 Å². The van der Waals surface area contributed by atoms with Gasteiger partial charge >= 0.3 is 0 Å². The van der Waals surface area contributed by atoms with Gasteiger partial charge in [0.1, 0.15) is 0 Å². The molecule has 2 rings (SSSR count). The largest absolute Gasteiger partial charge is 0.397 e. The summed E-state index contributed by atoms with van der Waals surface area (Å²) in [6.07, 6.45) is 6.14. The molecule has 0 saturated heterocycles. The summed E-state index contributed by atoms with van der Waals surface area (Å²) in [5.41, 5.74) is 2.48. The monoisotopic (exact) mass is 430 g/mol. The van der Waals surface area contributed by atoms with E-state index in [1.807, 2.05) is 0 Å². The highest BCUT2D eigenvalue weighted by atomic mass is 35.5. The van der Waals surface area contributed by atoms with Gasteiger partial charge in [0.15, 0.2) is 0 Å². The molecule has 2 N–H and O–H groups in total. The first-order valence-electron chi connectivity index (χ1n) is 9.47. The van der Waals surface area contributed by atoms with Gasteiger partial charge in [-0.3, -0.25) is 0 Å². The molecule has 6 heteroatoms. The third-order valence-electron chi connectivity index (χ3n) is 5.93. The molecule has 0 amide bonds. The average Bonchev–Trinajstić information content (AvgIpc) is 3.10. The van der Waals surface area contributed by atoms with Crippen LogP contribution in [-0.4, -0.2) is 39.6 Å². The third-order valence-corrected chi connectivity index (χ3v) is 13.5. The first kappa shape index (κ1) is 22.2. The molecule has 0 aliphatic heterocycles. The average molecular weight is 432 g/mol. The fraction of sp³-hybridized carbons (Fsp3) is 0.600. The lowest BCUT2D eigenvalue weighted by molar-refractivity contribution is 0.316. The summed E-state index contributed by atoms with van der Waals surface area (Å²) in [4.78, 5) is 0. The molecule has 0 unspecified atom stereocenters. The Kier molecular flexibility index (Phi) is 7.25. The predicted octanol–water partition coefficient (Wildman–Crippen LogP) is 5.75. The minimum Gasteiger partial charge on any atom is -0.397 e. The number of rotatable bonds is 8. The molecule has 0 saturated carbocycles. The van der Waals surface area contributed by atoms with Gasteiger partial charge in [-0.2, -0.15) is 0 Å². The molecule has 146 valence electrons. The molecule has 0 aromatic carbocycles. The van der Waals surface area contributed by atoms with E-state index in [-0.39, 0.29) is 19.1 Å². The van der Waals surface area contributed by atoms with Gasteiger partial charge in [0, 0.05) is 42.0 Å². The highest BCUT2D eigenvalue weighted by Crippen LogP contribution is 2.48. The lowest BCUT2D eigenvalue weighted by Gasteiger charge is -2.33. The summed E-state index contributed by atoms with van der Waals surface area (Å²) in [5.74, 6) is 0.161. The lowest BCUT2D eigenvalue weighted by Crippen LogP contribution is -2.34. The first-order valence-corrected chi connectivity index (χ1v) is 16.6. The van der Waals surface area contributed by atoms with E-state index in [0.29, 0.717) is 0 Å². The van der Waals surface area contributed by atoms with Crippen LogP contribution in [-0.2, 0) is 0 Å². The van der Waals surface area contributed by atoms with E-state index in [0.717, 1.165) is 35.0 Å². The minimum atomic E-state index is -1.74. The third kappa shape index (κ3) is 4.31. The van der Waals surface area contributed by atoms with Crippen LogP contribution < -0.4 is 0 Å². The quantitative estimate of drug-likeness (QED) is 0.481. The van der Waals surface area contributed by atoms with Gasteiger partial charge in [-0.15, -0.1) is 0 Å². The summed E-state index contributed by atoms with van der Waals surface area (Å²) < 4.78 is 0. The van der Waals surface area contributed by atoms with Crippen LogP contribution in [0.2, 0.25) is 38.3 Å². The summed E-state index contributed by atoms with van der Waals surface area (Å²) in [5, 5.41) is 23.7. The highest BCUT2D eigenvalue weighted by Gasteiger charge is 2.39. The van der Waals surface area contributed by atoms with Crippen LogP contribution in [0.4, 0.5) is 0 Å². The number of halogens is 2. The number of allylic oxidation sites excluding steroid dienone is 8. The van der Waals surface area contributed by atoms with Crippen LogP contribution in [0, 0.1) is 5.92 Å². The van der Waals surface area contributed by atoms with Gasteiger partial charge in [-0.1, -0.05) is 78.9 Å². The predicted molar refractivity (Wildman–Crippen MR) is 119 cm³/mol. The normalized spacial score (nSPS) is 19.0. The van der Waals surface area contributed by atoms with Gasteiger partial charge in [-0.25, -0.2) is 0 Å². The topological polar surface area (TPSA) is 40.5 Å². The van der Waals surface area contributed by atoms with Crippen molar-refractivity contribution in [1.82, 2.24) is 0 Å². The molecule has 0 aromatic rings. The molecule has 2 nitrogen and oxygen atoms in total. The van der Waals surface area contributed by atoms with Crippen LogP contribution in [0.1, 0.15) is 19.8 Å². The van der Waals surface area contributed by atoms with Crippen LogP contribution in [0.3, 0.4) is 0 Å². The molecule has 0 radical (unpaired) electrons. The SMILES string of the molecule is CC(C1=C(Cl)CC=C1[Si](C)(C)CCO)C1=C(Cl)CC=C1[Si](C)(C)CCO. The maximum absolute atomic E-state index is 9.52. The number of hydrogen-bond donors (Lipinski definition) is 2. The van der Waals surface area contributed by atoms with E-state index < -0.39 is 16.1 Å². The molecule has 0 fully saturated rings. The van der Waals surface area contributed by atoms with Crippen molar-refractivity contribution in [2.24, 2.45) is 5.92 Å². The van der Waals surface area contributed by atoms with Gasteiger partial charge in [0.2, 0.25) is 0 Å². The van der Waals surface area contributed by atoms with Gasteiger partial charge in [-0.05, 0) is 23.2 Å². The summed E-state index contributed by atoms with van der Waals surface area (Å²) in [7, 11) is -3.48. The van der Waals surface area contributed by atoms with E-state index in [1.54, 1.807) is 0 Å². The summed E-state index contributed by atoms with van der Waals surface area (Å²) in [6.45, 7) is 11.9. The van der Waals surface area contributed by atoms with Gasteiger partial charge in [0.25, 0.3) is 0 Å². The van der Waals surface area contributed by atoms with Crippen molar-refractivity contribution in [2.75, 3.05) is 13.2 Å². The van der Waals surface area contributed by atoms with E-state index in [4.69, 9.17) is 23.2 Å². The molecular weight excluding hydrogens is 399 g/mol. The Labute approximate surface area is 170 Å². The molecule has 2 aliphatic carbocycles. The van der Waals surface area contributed by atoms with E-state index >= 15 is 0 Å². The van der Waals surface area contributed by atoms with Crippen molar-refractivity contribution in [3.8, 4) is 0 Å². The molecule has 2 aliphatic rings. The van der Waals surface area contributed by atoms with E-state index in [1.165, 1.54) is 21.5 Å². The Morgan fingerprint density at radius 3 is 1.50 bits per heavy atom. The summed E-state index contributed by atoms with van der Waals surface area (Å²) >= 11 is 13.4. The van der Waals surface area contributed by atoms with E-state index in [2.05, 4.69) is 45.3 Å². The fourth-order valence-electron chi connectivity index (χ4n) is 4.31. The second-order valence-corrected chi connectivity index (χ2v) is 19.2. The molecule has 0 heterocycles. The standard InChI is InChI=1S/C20H32Cl2O2Si2/c1-14(19-15(21)6-8-17(19)25(2,3)12-10-23)20-16(22)7-9-18(20)26(4,5)13-11-24/h8-9,14,23-24H,6-7,10-13H2,1-5H3. The second-order valence-electron chi connectivity index (χ2n) is 8.72. The van der Waals surface area contributed by atoms with Crippen molar-refractivity contribution in [1.29, 1.82) is 0 Å². The smallest absolute Gasteiger partial charge is 0.0829 e. The second kappa shape index (κ2) is 8.50. The Balaban J connectivity index is 2.42.